The van der Waals surface area contributed by atoms with Crippen LogP contribution in [0.25, 0.3) is 0 Å². The molecule has 0 bridgehead atoms. The summed E-state index contributed by atoms with van der Waals surface area (Å²) in [7, 11) is 2.92. The van der Waals surface area contributed by atoms with Gasteiger partial charge in [-0.3, -0.25) is 4.79 Å². The molecule has 0 aliphatic rings. The van der Waals surface area contributed by atoms with Crippen LogP contribution in [0.4, 0.5) is 0 Å². The normalized spacial score (nSPS) is 11.4. The minimum absolute atomic E-state index is 0.192. The van der Waals surface area contributed by atoms with Crippen molar-refractivity contribution in [2.45, 2.75) is 6.04 Å². The summed E-state index contributed by atoms with van der Waals surface area (Å²) in [6, 6.07) is 18.1. The van der Waals surface area contributed by atoms with E-state index in [1.54, 1.807) is 29.5 Å². The average molecular weight is 411 g/mol. The maximum atomic E-state index is 12.5. The number of carbonyl (C=O) groups is 2. The molecule has 0 fully saturated rings. The quantitative estimate of drug-likeness (QED) is 0.571. The van der Waals surface area contributed by atoms with E-state index >= 15 is 0 Å². The van der Waals surface area contributed by atoms with Gasteiger partial charge in [0, 0.05) is 4.88 Å². The maximum absolute atomic E-state index is 12.5. The zero-order valence-electron chi connectivity index (χ0n) is 16.1. The molecular formula is C22H21NO5S. The van der Waals surface area contributed by atoms with Crippen molar-refractivity contribution in [1.82, 2.24) is 5.32 Å². The van der Waals surface area contributed by atoms with Gasteiger partial charge >= 0.3 is 5.97 Å². The first-order valence-electron chi connectivity index (χ1n) is 8.90. The largest absolute Gasteiger partial charge is 0.493 e. The van der Waals surface area contributed by atoms with Crippen molar-refractivity contribution >= 4 is 23.2 Å². The highest BCUT2D eigenvalue weighted by Gasteiger charge is 2.21. The topological polar surface area (TPSA) is 73.9 Å². The van der Waals surface area contributed by atoms with Crippen LogP contribution >= 0.6 is 11.3 Å². The van der Waals surface area contributed by atoms with Crippen LogP contribution < -0.4 is 14.8 Å². The minimum atomic E-state index is -0.664. The van der Waals surface area contributed by atoms with E-state index in [-0.39, 0.29) is 17.4 Å². The number of amides is 1. The van der Waals surface area contributed by atoms with Crippen molar-refractivity contribution < 1.29 is 23.8 Å². The van der Waals surface area contributed by atoms with E-state index < -0.39 is 18.5 Å². The van der Waals surface area contributed by atoms with E-state index in [9.17, 15) is 9.59 Å². The summed E-state index contributed by atoms with van der Waals surface area (Å²) < 4.78 is 15.6. The number of hydrogen-bond donors (Lipinski definition) is 1. The zero-order valence-corrected chi connectivity index (χ0v) is 16.9. The van der Waals surface area contributed by atoms with Crippen LogP contribution in [0.1, 0.15) is 26.8 Å². The summed E-state index contributed by atoms with van der Waals surface area (Å²) in [5, 5.41) is 4.88. The van der Waals surface area contributed by atoms with Crippen molar-refractivity contribution in [1.29, 1.82) is 0 Å². The molecule has 0 saturated carbocycles. The van der Waals surface area contributed by atoms with Gasteiger partial charge in [0.1, 0.15) is 5.56 Å². The Kier molecular flexibility index (Phi) is 6.86. The molecule has 1 atom stereocenters. The van der Waals surface area contributed by atoms with Crippen LogP contribution in [0.5, 0.6) is 11.5 Å². The molecular weight excluding hydrogens is 390 g/mol. The Morgan fingerprint density at radius 2 is 1.76 bits per heavy atom. The van der Waals surface area contributed by atoms with Crippen LogP contribution in [0.2, 0.25) is 0 Å². The number of hydrogen-bond acceptors (Lipinski definition) is 6. The molecule has 0 aliphatic carbocycles. The number of esters is 1. The van der Waals surface area contributed by atoms with E-state index in [2.05, 4.69) is 5.32 Å². The van der Waals surface area contributed by atoms with Crippen molar-refractivity contribution in [3.8, 4) is 11.5 Å². The highest BCUT2D eigenvalue weighted by molar-refractivity contribution is 7.10. The lowest BCUT2D eigenvalue weighted by Gasteiger charge is -2.18. The second-order valence-corrected chi connectivity index (χ2v) is 7.02. The van der Waals surface area contributed by atoms with Crippen LogP contribution in [0.3, 0.4) is 0 Å². The lowest BCUT2D eigenvalue weighted by Crippen LogP contribution is -2.32. The average Bonchev–Trinajstić information content (AvgIpc) is 3.30. The second-order valence-electron chi connectivity index (χ2n) is 6.04. The van der Waals surface area contributed by atoms with Crippen molar-refractivity contribution in [2.75, 3.05) is 20.8 Å². The highest BCUT2D eigenvalue weighted by Crippen LogP contribution is 2.31. The lowest BCUT2D eigenvalue weighted by molar-refractivity contribution is -0.124. The zero-order chi connectivity index (χ0) is 20.6. The molecule has 1 amide bonds. The van der Waals surface area contributed by atoms with E-state index in [1.807, 2.05) is 47.8 Å². The van der Waals surface area contributed by atoms with Crippen LogP contribution in [0.15, 0.2) is 66.0 Å². The summed E-state index contributed by atoms with van der Waals surface area (Å²) in [6.45, 7) is -0.409. The van der Waals surface area contributed by atoms with E-state index in [4.69, 9.17) is 14.2 Å². The van der Waals surface area contributed by atoms with Crippen molar-refractivity contribution in [3.63, 3.8) is 0 Å². The molecule has 3 rings (SSSR count). The van der Waals surface area contributed by atoms with E-state index in [1.165, 1.54) is 14.2 Å². The summed E-state index contributed by atoms with van der Waals surface area (Å²) in [5.74, 6) is -0.389. The molecule has 0 saturated heterocycles. The predicted octanol–water partition coefficient (Wildman–Crippen LogP) is 3.83. The monoisotopic (exact) mass is 411 g/mol. The molecule has 6 nitrogen and oxygen atoms in total. The molecule has 0 aliphatic heterocycles. The number of benzene rings is 2. The smallest absolute Gasteiger partial charge is 0.342 e. The van der Waals surface area contributed by atoms with Crippen molar-refractivity contribution in [3.05, 3.63) is 82.0 Å². The van der Waals surface area contributed by atoms with Crippen LogP contribution in [-0.4, -0.2) is 32.7 Å². The van der Waals surface area contributed by atoms with Crippen LogP contribution in [-0.2, 0) is 9.53 Å². The molecule has 1 N–H and O–H groups in total. The standard InChI is InChI=1S/C22H21NO5S/c1-26-17-11-6-10-16(21(17)27-2)22(25)28-14-19(24)23-20(18-12-7-13-29-18)15-8-4-3-5-9-15/h3-13,20H,14H2,1-2H3,(H,23,24)/t20-/m0/s1. The molecule has 0 radical (unpaired) electrons. The molecule has 3 aromatic rings. The molecule has 0 spiro atoms. The fourth-order valence-electron chi connectivity index (χ4n) is 2.88. The number of methoxy groups -OCH3 is 2. The van der Waals surface area contributed by atoms with Gasteiger partial charge in [-0.05, 0) is 29.1 Å². The molecule has 7 heteroatoms. The van der Waals surface area contributed by atoms with Gasteiger partial charge in [0.15, 0.2) is 18.1 Å². The van der Waals surface area contributed by atoms with Gasteiger partial charge in [-0.1, -0.05) is 42.5 Å². The van der Waals surface area contributed by atoms with Gasteiger partial charge in [-0.2, -0.15) is 0 Å². The van der Waals surface area contributed by atoms with Crippen LogP contribution in [0, 0.1) is 0 Å². The van der Waals surface area contributed by atoms with Gasteiger partial charge in [0.25, 0.3) is 5.91 Å². The third-order valence-corrected chi connectivity index (χ3v) is 5.16. The van der Waals surface area contributed by atoms with Gasteiger partial charge in [0.05, 0.1) is 20.3 Å². The van der Waals surface area contributed by atoms with Gasteiger partial charge in [0.2, 0.25) is 0 Å². The third-order valence-electron chi connectivity index (χ3n) is 4.22. The van der Waals surface area contributed by atoms with Crippen molar-refractivity contribution in [2.24, 2.45) is 0 Å². The first-order chi connectivity index (χ1) is 14.1. The summed E-state index contributed by atoms with van der Waals surface area (Å²) in [6.07, 6.45) is 0. The van der Waals surface area contributed by atoms with E-state index in [0.29, 0.717) is 5.75 Å². The SMILES string of the molecule is COc1cccc(C(=O)OCC(=O)N[C@@H](c2ccccc2)c2cccs2)c1OC. The highest BCUT2D eigenvalue weighted by atomic mass is 32.1. The number of nitrogens with one attached hydrogen (secondary N) is 1. The summed E-state index contributed by atoms with van der Waals surface area (Å²) in [5.41, 5.74) is 1.14. The Labute approximate surface area is 173 Å². The maximum Gasteiger partial charge on any atom is 0.342 e. The lowest BCUT2D eigenvalue weighted by atomic mass is 10.1. The van der Waals surface area contributed by atoms with Gasteiger partial charge < -0.3 is 19.5 Å². The predicted molar refractivity (Wildman–Crippen MR) is 111 cm³/mol. The number of thiophene rings is 1. The number of ether oxygens (including phenoxy) is 3. The summed E-state index contributed by atoms with van der Waals surface area (Å²) in [4.78, 5) is 25.9. The molecule has 29 heavy (non-hydrogen) atoms. The third kappa shape index (κ3) is 4.94. The Morgan fingerprint density at radius 1 is 0.966 bits per heavy atom. The minimum Gasteiger partial charge on any atom is -0.493 e. The first kappa shape index (κ1) is 20.4. The Morgan fingerprint density at radius 3 is 2.41 bits per heavy atom. The molecule has 1 aromatic heterocycles. The fourth-order valence-corrected chi connectivity index (χ4v) is 3.68. The Bertz CT molecular complexity index is 957. The van der Waals surface area contributed by atoms with Gasteiger partial charge in [-0.25, -0.2) is 4.79 Å². The molecule has 2 aromatic carbocycles. The summed E-state index contributed by atoms with van der Waals surface area (Å²) >= 11 is 1.55. The first-order valence-corrected chi connectivity index (χ1v) is 9.77. The van der Waals surface area contributed by atoms with E-state index in [0.717, 1.165) is 10.4 Å². The number of carbonyl (C=O) groups excluding carboxylic acids is 2. The van der Waals surface area contributed by atoms with Gasteiger partial charge in [-0.15, -0.1) is 11.3 Å². The number of rotatable bonds is 8. The Balaban J connectivity index is 1.68. The number of para-hydroxylation sites is 1. The second kappa shape index (κ2) is 9.75. The molecule has 150 valence electrons. The molecule has 0 unspecified atom stereocenters. The Hall–Kier alpha value is -3.32. The fraction of sp³-hybridized carbons (Fsp3) is 0.182. The molecule has 1 heterocycles.